The SMILES string of the molecule is C=C(C=N/C(=C\C)c1cc2c(cc1C)OC(F)(F)O2)NC(=O)c1c(CC)noc1C. The number of carbonyl (C=O) groups excluding carboxylic acids is 1. The second-order valence-electron chi connectivity index (χ2n) is 6.61. The summed E-state index contributed by atoms with van der Waals surface area (Å²) in [6, 6.07) is 2.90. The Bertz CT molecular complexity index is 1070. The normalized spacial score (nSPS) is 14.9. The lowest BCUT2D eigenvalue weighted by molar-refractivity contribution is -0.286. The van der Waals surface area contributed by atoms with Gasteiger partial charge in [-0.2, -0.15) is 0 Å². The Kier molecular flexibility index (Phi) is 5.73. The maximum atomic E-state index is 13.3. The fourth-order valence-corrected chi connectivity index (χ4v) is 3.01. The third-order valence-electron chi connectivity index (χ3n) is 4.43. The van der Waals surface area contributed by atoms with Gasteiger partial charge in [0.05, 0.1) is 23.3 Å². The minimum Gasteiger partial charge on any atom is -0.395 e. The molecule has 30 heavy (non-hydrogen) atoms. The zero-order valence-corrected chi connectivity index (χ0v) is 17.0. The molecule has 0 fully saturated rings. The van der Waals surface area contributed by atoms with E-state index in [-0.39, 0.29) is 17.2 Å². The zero-order valence-electron chi connectivity index (χ0n) is 17.0. The van der Waals surface area contributed by atoms with Crippen LogP contribution in [0.3, 0.4) is 0 Å². The number of rotatable bonds is 6. The second-order valence-corrected chi connectivity index (χ2v) is 6.61. The molecule has 0 saturated carbocycles. The maximum absolute atomic E-state index is 13.3. The molecule has 1 aromatic carbocycles. The quantitative estimate of drug-likeness (QED) is 0.697. The molecule has 0 spiro atoms. The van der Waals surface area contributed by atoms with E-state index in [4.69, 9.17) is 4.52 Å². The second kappa shape index (κ2) is 8.10. The number of hydrogen-bond acceptors (Lipinski definition) is 6. The van der Waals surface area contributed by atoms with Gasteiger partial charge in [0.1, 0.15) is 11.3 Å². The van der Waals surface area contributed by atoms with Crippen LogP contribution in [0.15, 0.2) is 40.0 Å². The van der Waals surface area contributed by atoms with Crippen LogP contribution in [0.5, 0.6) is 11.5 Å². The standard InChI is InChI=1S/C21H21F2N3O4/c1-6-15(14-9-18-17(8-11(14)3)28-21(22,23)29-18)24-10-12(4)25-20(27)19-13(5)30-26-16(19)7-2/h6,8-10H,4,7H2,1-3,5H3,(H,25,27)/b15-6-,24-10?. The minimum absolute atomic E-state index is 0.0341. The number of halogens is 2. The van der Waals surface area contributed by atoms with E-state index < -0.39 is 12.2 Å². The van der Waals surface area contributed by atoms with Crippen LogP contribution in [-0.4, -0.2) is 23.6 Å². The first-order valence-corrected chi connectivity index (χ1v) is 9.21. The number of aryl methyl sites for hydroxylation is 3. The van der Waals surface area contributed by atoms with E-state index in [1.165, 1.54) is 18.3 Å². The fourth-order valence-electron chi connectivity index (χ4n) is 3.01. The molecule has 0 unspecified atom stereocenters. The lowest BCUT2D eigenvalue weighted by Gasteiger charge is -2.08. The molecule has 0 aliphatic carbocycles. The van der Waals surface area contributed by atoms with Crippen LogP contribution in [0.25, 0.3) is 5.70 Å². The van der Waals surface area contributed by atoms with Gasteiger partial charge in [0, 0.05) is 5.56 Å². The number of aromatic nitrogens is 1. The van der Waals surface area contributed by atoms with Crippen LogP contribution in [0.4, 0.5) is 8.78 Å². The summed E-state index contributed by atoms with van der Waals surface area (Å²) in [6.07, 6.45) is -0.0670. The first-order valence-electron chi connectivity index (χ1n) is 9.21. The molecular formula is C21H21F2N3O4. The maximum Gasteiger partial charge on any atom is 0.586 e. The van der Waals surface area contributed by atoms with Gasteiger partial charge < -0.3 is 19.3 Å². The van der Waals surface area contributed by atoms with Gasteiger partial charge in [0.2, 0.25) is 0 Å². The fraction of sp³-hybridized carbons (Fsp3) is 0.286. The van der Waals surface area contributed by atoms with Crippen LogP contribution in [0.2, 0.25) is 0 Å². The molecule has 2 aromatic rings. The van der Waals surface area contributed by atoms with Crippen molar-refractivity contribution < 1.29 is 27.6 Å². The highest BCUT2D eigenvalue weighted by Gasteiger charge is 2.43. The Balaban J connectivity index is 1.76. The lowest BCUT2D eigenvalue weighted by Crippen LogP contribution is -2.25. The molecule has 1 amide bonds. The molecule has 1 aliphatic rings. The van der Waals surface area contributed by atoms with Crippen molar-refractivity contribution in [3.8, 4) is 11.5 Å². The molecule has 158 valence electrons. The summed E-state index contributed by atoms with van der Waals surface area (Å²) < 4.78 is 40.7. The molecule has 0 radical (unpaired) electrons. The van der Waals surface area contributed by atoms with Crippen molar-refractivity contribution in [1.29, 1.82) is 0 Å². The summed E-state index contributed by atoms with van der Waals surface area (Å²) in [4.78, 5) is 16.8. The largest absolute Gasteiger partial charge is 0.586 e. The molecule has 1 aliphatic heterocycles. The van der Waals surface area contributed by atoms with Crippen LogP contribution >= 0.6 is 0 Å². The monoisotopic (exact) mass is 417 g/mol. The number of nitrogens with zero attached hydrogens (tertiary/aromatic N) is 2. The highest BCUT2D eigenvalue weighted by atomic mass is 19.3. The van der Waals surface area contributed by atoms with Crippen molar-refractivity contribution in [2.45, 2.75) is 40.4 Å². The Hall–Kier alpha value is -3.49. The van der Waals surface area contributed by atoms with E-state index in [0.29, 0.717) is 40.3 Å². The Labute approximate surface area is 172 Å². The Morgan fingerprint density at radius 3 is 2.60 bits per heavy atom. The van der Waals surface area contributed by atoms with Gasteiger partial charge in [-0.1, -0.05) is 24.7 Å². The summed E-state index contributed by atoms with van der Waals surface area (Å²) in [7, 11) is 0. The van der Waals surface area contributed by atoms with E-state index in [0.717, 1.165) is 0 Å². The number of allylic oxidation sites excluding steroid dienone is 2. The van der Waals surface area contributed by atoms with E-state index >= 15 is 0 Å². The van der Waals surface area contributed by atoms with Crippen molar-refractivity contribution in [2.75, 3.05) is 0 Å². The van der Waals surface area contributed by atoms with Gasteiger partial charge in [-0.25, -0.2) is 0 Å². The summed E-state index contributed by atoms with van der Waals surface area (Å²) in [6.45, 7) is 10.8. The number of nitrogens with one attached hydrogen (secondary N) is 1. The average Bonchev–Trinajstić information content (AvgIpc) is 3.19. The van der Waals surface area contributed by atoms with Gasteiger partial charge in [0.25, 0.3) is 5.91 Å². The molecule has 1 N–H and O–H groups in total. The number of aliphatic imine (C=N–C) groups is 1. The van der Waals surface area contributed by atoms with Gasteiger partial charge in [-0.3, -0.25) is 9.79 Å². The highest BCUT2D eigenvalue weighted by molar-refractivity contribution is 6.00. The smallest absolute Gasteiger partial charge is 0.395 e. The van der Waals surface area contributed by atoms with Gasteiger partial charge in [-0.05, 0) is 44.9 Å². The zero-order chi connectivity index (χ0) is 22.1. The summed E-state index contributed by atoms with van der Waals surface area (Å²) in [5.41, 5.74) is 2.90. The third-order valence-corrected chi connectivity index (χ3v) is 4.43. The van der Waals surface area contributed by atoms with Crippen LogP contribution in [-0.2, 0) is 6.42 Å². The predicted octanol–water partition coefficient (Wildman–Crippen LogP) is 4.55. The number of benzene rings is 1. The van der Waals surface area contributed by atoms with Crippen LogP contribution < -0.4 is 14.8 Å². The first kappa shape index (κ1) is 21.2. The van der Waals surface area contributed by atoms with E-state index in [1.54, 1.807) is 26.8 Å². The predicted molar refractivity (Wildman–Crippen MR) is 107 cm³/mol. The molecule has 0 saturated heterocycles. The van der Waals surface area contributed by atoms with Crippen LogP contribution in [0, 0.1) is 13.8 Å². The highest BCUT2D eigenvalue weighted by Crippen LogP contribution is 2.43. The number of amides is 1. The van der Waals surface area contributed by atoms with Crippen molar-refractivity contribution in [2.24, 2.45) is 4.99 Å². The average molecular weight is 417 g/mol. The van der Waals surface area contributed by atoms with Crippen molar-refractivity contribution >= 4 is 17.8 Å². The summed E-state index contributed by atoms with van der Waals surface area (Å²) in [5, 5.41) is 6.50. The lowest BCUT2D eigenvalue weighted by atomic mass is 10.0. The molecule has 2 heterocycles. The number of carbonyl (C=O) groups is 1. The topological polar surface area (TPSA) is 86.0 Å². The summed E-state index contributed by atoms with van der Waals surface area (Å²) >= 11 is 0. The molecule has 9 heteroatoms. The van der Waals surface area contributed by atoms with Crippen molar-refractivity contribution in [3.05, 3.63) is 58.6 Å². The number of ether oxygens (including phenoxy) is 2. The number of fused-ring (bicyclic) bond motifs is 1. The summed E-state index contributed by atoms with van der Waals surface area (Å²) in [5.74, 6) is -0.0907. The molecular weight excluding hydrogens is 396 g/mol. The Morgan fingerprint density at radius 2 is 1.97 bits per heavy atom. The molecule has 7 nitrogen and oxygen atoms in total. The minimum atomic E-state index is -3.69. The van der Waals surface area contributed by atoms with Crippen molar-refractivity contribution in [3.63, 3.8) is 0 Å². The van der Waals surface area contributed by atoms with Crippen molar-refractivity contribution in [1.82, 2.24) is 10.5 Å². The first-order chi connectivity index (χ1) is 14.1. The molecule has 0 bridgehead atoms. The van der Waals surface area contributed by atoms with Gasteiger partial charge in [0.15, 0.2) is 11.5 Å². The number of alkyl halides is 2. The molecule has 0 atom stereocenters. The molecule has 1 aromatic heterocycles. The van der Waals surface area contributed by atoms with E-state index in [1.807, 2.05) is 6.92 Å². The third kappa shape index (κ3) is 4.24. The molecule has 3 rings (SSSR count). The Morgan fingerprint density at radius 1 is 1.30 bits per heavy atom. The van der Waals surface area contributed by atoms with Gasteiger partial charge in [-0.15, -0.1) is 8.78 Å². The van der Waals surface area contributed by atoms with Gasteiger partial charge >= 0.3 is 6.29 Å². The van der Waals surface area contributed by atoms with Crippen LogP contribution in [0.1, 0.15) is 46.8 Å². The van der Waals surface area contributed by atoms with E-state index in [9.17, 15) is 13.6 Å². The number of hydrogen-bond donors (Lipinski definition) is 1. The van der Waals surface area contributed by atoms with E-state index in [2.05, 4.69) is 31.5 Å².